The number of ether oxygens (including phenoxy) is 1. The highest BCUT2D eigenvalue weighted by molar-refractivity contribution is 9.10. The second kappa shape index (κ2) is 5.85. The maximum Gasteiger partial charge on any atom is 0.224 e. The molecule has 0 aliphatic heterocycles. The van der Waals surface area contributed by atoms with Crippen molar-refractivity contribution in [1.82, 2.24) is 9.97 Å². The van der Waals surface area contributed by atoms with Crippen molar-refractivity contribution in [3.8, 4) is 5.88 Å². The minimum absolute atomic E-state index is 0.151. The van der Waals surface area contributed by atoms with Crippen LogP contribution < -0.4 is 4.74 Å². The van der Waals surface area contributed by atoms with E-state index in [2.05, 4.69) is 39.7 Å². The van der Waals surface area contributed by atoms with Gasteiger partial charge < -0.3 is 4.74 Å². The summed E-state index contributed by atoms with van der Waals surface area (Å²) in [6.45, 7) is 4.18. The molecule has 0 spiro atoms. The Labute approximate surface area is 120 Å². The number of rotatable bonds is 4. The molecule has 96 valence electrons. The molecule has 0 radical (unpaired) electrons. The van der Waals surface area contributed by atoms with Gasteiger partial charge in [-0.1, -0.05) is 25.4 Å². The molecule has 2 aromatic rings. The summed E-state index contributed by atoms with van der Waals surface area (Å²) in [5.41, 5.74) is 0. The van der Waals surface area contributed by atoms with Gasteiger partial charge in [-0.2, -0.15) is 0 Å². The highest BCUT2D eigenvalue weighted by Gasteiger charge is 2.14. The van der Waals surface area contributed by atoms with Crippen molar-refractivity contribution in [3.63, 3.8) is 0 Å². The molecule has 0 aromatic carbocycles. The van der Waals surface area contributed by atoms with Crippen LogP contribution in [0.4, 0.5) is 0 Å². The summed E-state index contributed by atoms with van der Waals surface area (Å²) in [6.07, 6.45) is 5.44. The first-order chi connectivity index (χ1) is 8.67. The predicted molar refractivity (Wildman–Crippen MR) is 77.2 cm³/mol. The van der Waals surface area contributed by atoms with E-state index in [0.29, 0.717) is 11.0 Å². The number of aromatic nitrogens is 2. The van der Waals surface area contributed by atoms with Crippen LogP contribution in [-0.4, -0.2) is 16.1 Å². The van der Waals surface area contributed by atoms with Crippen molar-refractivity contribution < 1.29 is 4.74 Å². The summed E-state index contributed by atoms with van der Waals surface area (Å²) in [4.78, 5) is 8.40. The summed E-state index contributed by atoms with van der Waals surface area (Å²) >= 11 is 9.61. The van der Waals surface area contributed by atoms with Crippen LogP contribution in [0.5, 0.6) is 5.88 Å². The zero-order valence-electron chi connectivity index (χ0n) is 10.3. The molecule has 2 aromatic heterocycles. The lowest BCUT2D eigenvalue weighted by Gasteiger charge is -2.16. The summed E-state index contributed by atoms with van der Waals surface area (Å²) in [5.74, 6) is 0.556. The van der Waals surface area contributed by atoms with Crippen molar-refractivity contribution in [2.45, 2.75) is 32.8 Å². The first kappa shape index (κ1) is 13.6. The molecule has 2 heterocycles. The Hall–Kier alpha value is -0.870. The van der Waals surface area contributed by atoms with E-state index in [1.807, 2.05) is 6.07 Å². The summed E-state index contributed by atoms with van der Waals surface area (Å²) in [7, 11) is 0. The van der Waals surface area contributed by atoms with Gasteiger partial charge in [-0.15, -0.1) is 0 Å². The molecule has 0 fully saturated rings. The van der Waals surface area contributed by atoms with E-state index in [4.69, 9.17) is 16.3 Å². The second-order valence-electron chi connectivity index (χ2n) is 3.99. The minimum atomic E-state index is 0.151. The monoisotopic (exact) mass is 328 g/mol. The van der Waals surface area contributed by atoms with E-state index in [-0.39, 0.29) is 6.10 Å². The quantitative estimate of drug-likeness (QED) is 0.768. The van der Waals surface area contributed by atoms with Gasteiger partial charge >= 0.3 is 0 Å². The number of hydrogen-bond donors (Lipinski definition) is 0. The third-order valence-corrected chi connectivity index (χ3v) is 3.78. The standard InChI is InChI=1S/C13H14BrClN2O/c1-3-8(4-2)18-13-11-9(10(14)7-17-13)5-6-16-12(11)15/h5-8H,3-4H2,1-2H3. The Kier molecular flexibility index (Phi) is 4.40. The topological polar surface area (TPSA) is 35.0 Å². The van der Waals surface area contributed by atoms with Crippen molar-refractivity contribution in [3.05, 3.63) is 28.1 Å². The Morgan fingerprint density at radius 3 is 2.72 bits per heavy atom. The van der Waals surface area contributed by atoms with Gasteiger partial charge in [0.15, 0.2) is 0 Å². The third kappa shape index (κ3) is 2.59. The molecule has 0 unspecified atom stereocenters. The lowest BCUT2D eigenvalue weighted by molar-refractivity contribution is 0.187. The van der Waals surface area contributed by atoms with Crippen molar-refractivity contribution >= 4 is 38.3 Å². The number of pyridine rings is 2. The van der Waals surface area contributed by atoms with E-state index in [1.165, 1.54) is 0 Å². The van der Waals surface area contributed by atoms with Crippen LogP contribution in [0, 0.1) is 0 Å². The van der Waals surface area contributed by atoms with E-state index < -0.39 is 0 Å². The maximum atomic E-state index is 6.15. The molecule has 0 amide bonds. The zero-order valence-corrected chi connectivity index (χ0v) is 12.6. The number of fused-ring (bicyclic) bond motifs is 1. The third-order valence-electron chi connectivity index (χ3n) is 2.86. The summed E-state index contributed by atoms with van der Waals surface area (Å²) < 4.78 is 6.79. The number of hydrogen-bond acceptors (Lipinski definition) is 3. The van der Waals surface area contributed by atoms with Crippen LogP contribution in [-0.2, 0) is 0 Å². The van der Waals surface area contributed by atoms with E-state index in [1.54, 1.807) is 12.4 Å². The van der Waals surface area contributed by atoms with E-state index >= 15 is 0 Å². The molecule has 0 bridgehead atoms. The molecular formula is C13H14BrClN2O. The highest BCUT2D eigenvalue weighted by atomic mass is 79.9. The van der Waals surface area contributed by atoms with Crippen LogP contribution in [0.15, 0.2) is 22.9 Å². The van der Waals surface area contributed by atoms with Crippen molar-refractivity contribution in [2.24, 2.45) is 0 Å². The Bertz CT molecular complexity index is 558. The van der Waals surface area contributed by atoms with E-state index in [0.717, 1.165) is 28.1 Å². The van der Waals surface area contributed by atoms with Gasteiger partial charge in [-0.05, 0) is 34.8 Å². The van der Waals surface area contributed by atoms with Crippen LogP contribution in [0.1, 0.15) is 26.7 Å². The van der Waals surface area contributed by atoms with Gasteiger partial charge in [-0.25, -0.2) is 9.97 Å². The number of nitrogens with zero attached hydrogens (tertiary/aromatic N) is 2. The Morgan fingerprint density at radius 1 is 1.33 bits per heavy atom. The van der Waals surface area contributed by atoms with Gasteiger partial charge in [0.2, 0.25) is 5.88 Å². The Balaban J connectivity index is 2.54. The van der Waals surface area contributed by atoms with Gasteiger partial charge in [0.25, 0.3) is 0 Å². The Morgan fingerprint density at radius 2 is 2.06 bits per heavy atom. The smallest absolute Gasteiger partial charge is 0.224 e. The molecule has 3 nitrogen and oxygen atoms in total. The largest absolute Gasteiger partial charge is 0.474 e. The van der Waals surface area contributed by atoms with Gasteiger partial charge in [0.05, 0.1) is 11.5 Å². The van der Waals surface area contributed by atoms with Crippen LogP contribution in [0.25, 0.3) is 10.8 Å². The van der Waals surface area contributed by atoms with Crippen LogP contribution in [0.3, 0.4) is 0 Å². The molecule has 2 rings (SSSR count). The molecule has 5 heteroatoms. The van der Waals surface area contributed by atoms with Crippen LogP contribution in [0.2, 0.25) is 5.15 Å². The molecule has 0 N–H and O–H groups in total. The highest BCUT2D eigenvalue weighted by Crippen LogP contribution is 2.34. The fraction of sp³-hybridized carbons (Fsp3) is 0.385. The molecule has 0 atom stereocenters. The second-order valence-corrected chi connectivity index (χ2v) is 5.20. The summed E-state index contributed by atoms with van der Waals surface area (Å²) in [5, 5.41) is 2.15. The van der Waals surface area contributed by atoms with E-state index in [9.17, 15) is 0 Å². The molecule has 18 heavy (non-hydrogen) atoms. The molecular weight excluding hydrogens is 316 g/mol. The molecule has 0 aliphatic rings. The number of halogens is 2. The predicted octanol–water partition coefficient (Wildman–Crippen LogP) is 4.61. The fourth-order valence-corrected chi connectivity index (χ4v) is 2.46. The SMILES string of the molecule is CCC(CC)Oc1ncc(Br)c2ccnc(Cl)c12. The van der Waals surface area contributed by atoms with Crippen LogP contribution >= 0.6 is 27.5 Å². The first-order valence-electron chi connectivity index (χ1n) is 5.92. The maximum absolute atomic E-state index is 6.15. The van der Waals surface area contributed by atoms with Crippen molar-refractivity contribution in [1.29, 1.82) is 0 Å². The average Bonchev–Trinajstić information content (AvgIpc) is 2.39. The summed E-state index contributed by atoms with van der Waals surface area (Å²) in [6, 6.07) is 1.90. The molecule has 0 aliphatic carbocycles. The fourth-order valence-electron chi connectivity index (χ4n) is 1.79. The average molecular weight is 330 g/mol. The van der Waals surface area contributed by atoms with Gasteiger partial charge in [0, 0.05) is 22.3 Å². The molecule has 0 saturated heterocycles. The van der Waals surface area contributed by atoms with Gasteiger partial charge in [-0.3, -0.25) is 0 Å². The minimum Gasteiger partial charge on any atom is -0.474 e. The first-order valence-corrected chi connectivity index (χ1v) is 7.09. The lowest BCUT2D eigenvalue weighted by atomic mass is 10.2. The van der Waals surface area contributed by atoms with Crippen molar-refractivity contribution in [2.75, 3.05) is 0 Å². The normalized spacial score (nSPS) is 11.2. The zero-order chi connectivity index (χ0) is 13.1. The van der Waals surface area contributed by atoms with Gasteiger partial charge in [0.1, 0.15) is 5.15 Å². The lowest BCUT2D eigenvalue weighted by Crippen LogP contribution is -2.14. The molecule has 0 saturated carbocycles.